The summed E-state index contributed by atoms with van der Waals surface area (Å²) in [6.07, 6.45) is 3.42. The van der Waals surface area contributed by atoms with Gasteiger partial charge in [0.15, 0.2) is 0 Å². The second-order valence-electron chi connectivity index (χ2n) is 6.51. The number of piperazine rings is 1. The number of aromatic nitrogens is 2. The third kappa shape index (κ3) is 3.65. The van der Waals surface area contributed by atoms with Crippen LogP contribution >= 0.6 is 0 Å². The molecular weight excluding hydrogens is 346 g/mol. The summed E-state index contributed by atoms with van der Waals surface area (Å²) in [5.41, 5.74) is 0.774. The maximum absolute atomic E-state index is 10.8. The maximum atomic E-state index is 10.8. The molecule has 0 atom stereocenters. The lowest BCUT2D eigenvalue weighted by atomic mass is 10.2. The molecule has 0 radical (unpaired) electrons. The van der Waals surface area contributed by atoms with Gasteiger partial charge < -0.3 is 14.5 Å². The maximum Gasteiger partial charge on any atom is 0.269 e. The molecule has 3 heterocycles. The molecule has 1 saturated heterocycles. The first kappa shape index (κ1) is 17.2. The molecule has 0 unspecified atom stereocenters. The highest BCUT2D eigenvalue weighted by atomic mass is 16.6. The number of hydrogen-bond donors (Lipinski definition) is 0. The molecule has 4 rings (SSSR count). The van der Waals surface area contributed by atoms with E-state index in [1.807, 2.05) is 6.07 Å². The highest BCUT2D eigenvalue weighted by Crippen LogP contribution is 2.31. The Morgan fingerprint density at radius 2 is 1.81 bits per heavy atom. The predicted octanol–water partition coefficient (Wildman–Crippen LogP) is 3.08. The van der Waals surface area contributed by atoms with Gasteiger partial charge in [0.25, 0.3) is 5.69 Å². The molecule has 3 aromatic rings. The van der Waals surface area contributed by atoms with E-state index in [-0.39, 0.29) is 5.69 Å². The fraction of sp³-hybridized carbons (Fsp3) is 0.263. The molecule has 0 bridgehead atoms. The van der Waals surface area contributed by atoms with Crippen LogP contribution in [0.3, 0.4) is 0 Å². The first-order valence-corrected chi connectivity index (χ1v) is 8.71. The summed E-state index contributed by atoms with van der Waals surface area (Å²) in [5.74, 6) is 2.08. The number of likely N-dealkylation sites (N-methyl/N-ethyl adjacent to an activating group) is 1. The standard InChI is InChI=1S/C19H19N5O3/c1-22-8-10-23(11-9-22)19-12-16-17(13-21-19)20-7-6-18(16)27-15-4-2-14(3-5-15)24(25)26/h2-7,12-13H,8-11H2,1H3. The van der Waals surface area contributed by atoms with Gasteiger partial charge in [-0.3, -0.25) is 15.1 Å². The Morgan fingerprint density at radius 3 is 2.52 bits per heavy atom. The van der Waals surface area contributed by atoms with E-state index in [1.165, 1.54) is 12.1 Å². The Hall–Kier alpha value is -3.26. The Morgan fingerprint density at radius 1 is 1.07 bits per heavy atom. The molecule has 1 aliphatic heterocycles. The van der Waals surface area contributed by atoms with Crippen molar-refractivity contribution in [3.8, 4) is 11.5 Å². The van der Waals surface area contributed by atoms with Gasteiger partial charge in [0.1, 0.15) is 17.3 Å². The Balaban J connectivity index is 1.64. The molecule has 0 saturated carbocycles. The summed E-state index contributed by atoms with van der Waals surface area (Å²) in [4.78, 5) is 23.8. The number of anilines is 1. The zero-order valence-electron chi connectivity index (χ0n) is 14.9. The fourth-order valence-corrected chi connectivity index (χ4v) is 3.07. The number of nitrogens with zero attached hydrogens (tertiary/aromatic N) is 5. The van der Waals surface area contributed by atoms with Crippen LogP contribution in [0.5, 0.6) is 11.5 Å². The van der Waals surface area contributed by atoms with Crippen LogP contribution in [0.15, 0.2) is 48.8 Å². The van der Waals surface area contributed by atoms with Gasteiger partial charge in [-0.1, -0.05) is 0 Å². The number of benzene rings is 1. The van der Waals surface area contributed by atoms with Crippen molar-refractivity contribution in [1.82, 2.24) is 14.9 Å². The van der Waals surface area contributed by atoms with E-state index in [4.69, 9.17) is 4.74 Å². The highest BCUT2D eigenvalue weighted by Gasteiger charge is 2.17. The van der Waals surface area contributed by atoms with E-state index in [0.717, 1.165) is 42.9 Å². The van der Waals surface area contributed by atoms with Gasteiger partial charge in [0.2, 0.25) is 0 Å². The van der Waals surface area contributed by atoms with Gasteiger partial charge in [-0.2, -0.15) is 0 Å². The fourth-order valence-electron chi connectivity index (χ4n) is 3.07. The quantitative estimate of drug-likeness (QED) is 0.519. The first-order chi connectivity index (χ1) is 13.1. The lowest BCUT2D eigenvalue weighted by molar-refractivity contribution is -0.384. The minimum absolute atomic E-state index is 0.0310. The summed E-state index contributed by atoms with van der Waals surface area (Å²) in [6.45, 7) is 3.85. The van der Waals surface area contributed by atoms with Crippen LogP contribution in [0.4, 0.5) is 11.5 Å². The molecule has 0 N–H and O–H groups in total. The topological polar surface area (TPSA) is 84.6 Å². The van der Waals surface area contributed by atoms with Crippen LogP contribution in [-0.2, 0) is 0 Å². The van der Waals surface area contributed by atoms with Crippen molar-refractivity contribution in [1.29, 1.82) is 0 Å². The molecular formula is C19H19N5O3. The molecule has 1 aromatic carbocycles. The second-order valence-corrected chi connectivity index (χ2v) is 6.51. The smallest absolute Gasteiger partial charge is 0.269 e. The number of fused-ring (bicyclic) bond motifs is 1. The molecule has 8 heteroatoms. The third-order valence-corrected chi connectivity index (χ3v) is 4.68. The van der Waals surface area contributed by atoms with Crippen molar-refractivity contribution in [2.75, 3.05) is 38.1 Å². The van der Waals surface area contributed by atoms with Crippen molar-refractivity contribution in [2.45, 2.75) is 0 Å². The van der Waals surface area contributed by atoms with Crippen molar-refractivity contribution in [3.63, 3.8) is 0 Å². The van der Waals surface area contributed by atoms with Crippen LogP contribution in [0.25, 0.3) is 10.9 Å². The lowest BCUT2D eigenvalue weighted by Crippen LogP contribution is -2.44. The zero-order chi connectivity index (χ0) is 18.8. The SMILES string of the molecule is CN1CCN(c2cc3c(Oc4ccc([N+](=O)[O-])cc4)ccnc3cn2)CC1. The number of pyridine rings is 2. The van der Waals surface area contributed by atoms with Gasteiger partial charge in [0, 0.05) is 49.9 Å². The van der Waals surface area contributed by atoms with Crippen LogP contribution in [0.1, 0.15) is 0 Å². The van der Waals surface area contributed by atoms with E-state index in [2.05, 4.69) is 26.8 Å². The Kier molecular flexibility index (Phi) is 4.55. The van der Waals surface area contributed by atoms with E-state index in [9.17, 15) is 10.1 Å². The molecule has 0 spiro atoms. The highest BCUT2D eigenvalue weighted by molar-refractivity contribution is 5.86. The van der Waals surface area contributed by atoms with E-state index < -0.39 is 4.92 Å². The number of non-ortho nitro benzene ring substituents is 1. The molecule has 0 aliphatic carbocycles. The van der Waals surface area contributed by atoms with Crippen molar-refractivity contribution < 1.29 is 9.66 Å². The second kappa shape index (κ2) is 7.16. The summed E-state index contributed by atoms with van der Waals surface area (Å²) < 4.78 is 5.97. The largest absolute Gasteiger partial charge is 0.457 e. The molecule has 0 amide bonds. The average molecular weight is 365 g/mol. The molecule has 138 valence electrons. The van der Waals surface area contributed by atoms with Gasteiger partial charge in [0.05, 0.1) is 16.6 Å². The molecule has 8 nitrogen and oxygen atoms in total. The predicted molar refractivity (Wildman–Crippen MR) is 102 cm³/mol. The van der Waals surface area contributed by atoms with Gasteiger partial charge in [-0.15, -0.1) is 0 Å². The zero-order valence-corrected chi connectivity index (χ0v) is 14.9. The third-order valence-electron chi connectivity index (χ3n) is 4.68. The molecule has 2 aromatic heterocycles. The minimum atomic E-state index is -0.431. The van der Waals surface area contributed by atoms with Crippen LogP contribution < -0.4 is 9.64 Å². The number of ether oxygens (including phenoxy) is 1. The Labute approximate surface area is 156 Å². The minimum Gasteiger partial charge on any atom is -0.457 e. The molecule has 27 heavy (non-hydrogen) atoms. The summed E-state index contributed by atoms with van der Waals surface area (Å²) in [7, 11) is 2.12. The van der Waals surface area contributed by atoms with Crippen molar-refractivity contribution in [3.05, 3.63) is 58.9 Å². The van der Waals surface area contributed by atoms with Gasteiger partial charge >= 0.3 is 0 Å². The van der Waals surface area contributed by atoms with Crippen LogP contribution in [0.2, 0.25) is 0 Å². The monoisotopic (exact) mass is 365 g/mol. The number of nitro benzene ring substituents is 1. The van der Waals surface area contributed by atoms with Crippen LogP contribution in [-0.4, -0.2) is 53.0 Å². The van der Waals surface area contributed by atoms with E-state index >= 15 is 0 Å². The summed E-state index contributed by atoms with van der Waals surface area (Å²) in [5, 5.41) is 11.7. The molecule has 1 aliphatic rings. The van der Waals surface area contributed by atoms with E-state index in [1.54, 1.807) is 30.6 Å². The number of rotatable bonds is 4. The normalized spacial score (nSPS) is 15.1. The Bertz CT molecular complexity index is 969. The van der Waals surface area contributed by atoms with Gasteiger partial charge in [-0.05, 0) is 31.3 Å². The van der Waals surface area contributed by atoms with E-state index in [0.29, 0.717) is 11.5 Å². The average Bonchev–Trinajstić information content (AvgIpc) is 2.69. The number of nitro groups is 1. The first-order valence-electron chi connectivity index (χ1n) is 8.71. The molecule has 1 fully saturated rings. The lowest BCUT2D eigenvalue weighted by Gasteiger charge is -2.33. The van der Waals surface area contributed by atoms with Gasteiger partial charge in [-0.25, -0.2) is 4.98 Å². The summed E-state index contributed by atoms with van der Waals surface area (Å²) >= 11 is 0. The number of hydrogen-bond acceptors (Lipinski definition) is 7. The van der Waals surface area contributed by atoms with Crippen molar-refractivity contribution >= 4 is 22.4 Å². The summed E-state index contributed by atoms with van der Waals surface area (Å²) in [6, 6.07) is 9.82. The van der Waals surface area contributed by atoms with Crippen molar-refractivity contribution in [2.24, 2.45) is 0 Å². The van der Waals surface area contributed by atoms with Crippen LogP contribution in [0, 0.1) is 10.1 Å².